The summed E-state index contributed by atoms with van der Waals surface area (Å²) in [5, 5.41) is 15.6. The molecule has 2 aromatic carbocycles. The van der Waals surface area contributed by atoms with E-state index in [0.29, 0.717) is 17.7 Å². The average molecular weight is 533 g/mol. The fraction of sp³-hybridized carbons (Fsp3) is 0.250. The van der Waals surface area contributed by atoms with Crippen molar-refractivity contribution >= 4 is 17.5 Å². The second-order valence-corrected chi connectivity index (χ2v) is 10.1. The van der Waals surface area contributed by atoms with Gasteiger partial charge in [0, 0.05) is 49.3 Å². The highest BCUT2D eigenvalue weighted by Crippen LogP contribution is 2.30. The lowest BCUT2D eigenvalue weighted by Gasteiger charge is -2.37. The van der Waals surface area contributed by atoms with E-state index in [-0.39, 0.29) is 23.7 Å². The molecular weight excluding hydrogens is 500 g/mol. The van der Waals surface area contributed by atoms with Gasteiger partial charge in [0.15, 0.2) is 0 Å². The fourth-order valence-electron chi connectivity index (χ4n) is 5.20. The Labute approximate surface area is 233 Å². The van der Waals surface area contributed by atoms with Gasteiger partial charge in [0.1, 0.15) is 11.9 Å². The van der Waals surface area contributed by atoms with Gasteiger partial charge in [-0.3, -0.25) is 9.69 Å². The number of nitrogens with one attached hydrogen (secondary N) is 2. The Kier molecular flexibility index (Phi) is 8.21. The quantitative estimate of drug-likeness (QED) is 0.329. The summed E-state index contributed by atoms with van der Waals surface area (Å²) in [7, 11) is 1.74. The summed E-state index contributed by atoms with van der Waals surface area (Å²) in [5.74, 6) is 0.752. The van der Waals surface area contributed by atoms with Gasteiger partial charge in [0.25, 0.3) is 5.56 Å². The van der Waals surface area contributed by atoms with Crippen molar-refractivity contribution in [3.05, 3.63) is 113 Å². The first kappa shape index (κ1) is 26.7. The third-order valence-electron chi connectivity index (χ3n) is 7.39. The molecule has 1 aliphatic carbocycles. The number of nitriles is 1. The van der Waals surface area contributed by atoms with Crippen molar-refractivity contribution in [3.8, 4) is 17.2 Å². The molecule has 8 nitrogen and oxygen atoms in total. The van der Waals surface area contributed by atoms with Crippen molar-refractivity contribution < 1.29 is 4.79 Å². The summed E-state index contributed by atoms with van der Waals surface area (Å²) >= 11 is 0. The van der Waals surface area contributed by atoms with Gasteiger partial charge >= 0.3 is 6.03 Å². The minimum atomic E-state index is -0.141. The maximum Gasteiger partial charge on any atom is 0.322 e. The van der Waals surface area contributed by atoms with Crippen LogP contribution in [0.25, 0.3) is 11.1 Å². The van der Waals surface area contributed by atoms with E-state index in [2.05, 4.69) is 21.7 Å². The first-order chi connectivity index (χ1) is 19.5. The minimum absolute atomic E-state index is 0.0261. The highest BCUT2D eigenvalue weighted by atomic mass is 16.2. The number of benzene rings is 2. The van der Waals surface area contributed by atoms with Gasteiger partial charge in [0.2, 0.25) is 0 Å². The van der Waals surface area contributed by atoms with Crippen LogP contribution in [0.1, 0.15) is 36.8 Å². The number of aromatic nitrogens is 2. The van der Waals surface area contributed by atoms with Gasteiger partial charge in [0.05, 0.1) is 5.56 Å². The maximum atomic E-state index is 13.6. The molecule has 2 aromatic heterocycles. The van der Waals surface area contributed by atoms with Gasteiger partial charge in [-0.05, 0) is 73.2 Å². The van der Waals surface area contributed by atoms with E-state index in [1.54, 1.807) is 30.1 Å². The Morgan fingerprint density at radius 1 is 1.00 bits per heavy atom. The predicted octanol–water partition coefficient (Wildman–Crippen LogP) is 5.46. The molecule has 2 N–H and O–H groups in total. The molecule has 2 heterocycles. The van der Waals surface area contributed by atoms with Crippen molar-refractivity contribution in [2.45, 2.75) is 44.3 Å². The lowest BCUT2D eigenvalue weighted by molar-refractivity contribution is 0.240. The van der Waals surface area contributed by atoms with Crippen molar-refractivity contribution in [2.24, 2.45) is 7.05 Å². The van der Waals surface area contributed by atoms with Gasteiger partial charge in [-0.25, -0.2) is 9.78 Å². The van der Waals surface area contributed by atoms with E-state index in [9.17, 15) is 9.59 Å². The zero-order chi connectivity index (χ0) is 27.9. The number of nitrogens with zero attached hydrogens (tertiary/aromatic N) is 4. The fourth-order valence-corrected chi connectivity index (χ4v) is 5.20. The molecule has 0 radical (unpaired) electrons. The zero-order valence-corrected chi connectivity index (χ0v) is 22.5. The molecule has 0 spiro atoms. The first-order valence-electron chi connectivity index (χ1n) is 13.5. The predicted molar refractivity (Wildman–Crippen MR) is 157 cm³/mol. The number of carbonyl (C=O) groups is 1. The molecule has 8 heteroatoms. The Balaban J connectivity index is 1.32. The Hall–Kier alpha value is -4.90. The molecule has 202 valence electrons. The number of urea groups is 1. The second kappa shape index (κ2) is 12.3. The van der Waals surface area contributed by atoms with E-state index < -0.39 is 0 Å². The molecule has 0 aliphatic heterocycles. The van der Waals surface area contributed by atoms with Crippen molar-refractivity contribution in [3.63, 3.8) is 0 Å². The van der Waals surface area contributed by atoms with E-state index in [0.717, 1.165) is 48.3 Å². The lowest BCUT2D eigenvalue weighted by atomic mass is 9.89. The molecule has 0 atom stereocenters. The molecule has 2 amide bonds. The van der Waals surface area contributed by atoms with E-state index in [4.69, 9.17) is 5.26 Å². The third-order valence-corrected chi connectivity index (χ3v) is 7.39. The standard InChI is InChI=1S/C32H32N6O2/c1-37-19-5-8-29(31(37)39)25-10-14-27(15-11-25)38(32(40)35-21-23-6-3-2-4-7-23)28-16-12-26(13-17-28)36-30-18-9-24(20-33)22-34-30/h2-11,14-15,18-19,22,26,28H,12-13,16-17,21H2,1H3,(H,34,36)(H,35,40). The average Bonchev–Trinajstić information content (AvgIpc) is 3.00. The van der Waals surface area contributed by atoms with Gasteiger partial charge in [-0.2, -0.15) is 5.26 Å². The summed E-state index contributed by atoms with van der Waals surface area (Å²) in [5.41, 5.74) is 3.75. The van der Waals surface area contributed by atoms with E-state index >= 15 is 0 Å². The van der Waals surface area contributed by atoms with E-state index in [1.165, 1.54) is 0 Å². The highest BCUT2D eigenvalue weighted by molar-refractivity contribution is 5.93. The molecule has 1 aliphatic rings. The van der Waals surface area contributed by atoms with Crippen molar-refractivity contribution in [1.82, 2.24) is 14.9 Å². The van der Waals surface area contributed by atoms with Crippen LogP contribution in [0.15, 0.2) is 96.1 Å². The molecule has 1 fully saturated rings. The van der Waals surface area contributed by atoms with Crippen LogP contribution in [0.5, 0.6) is 0 Å². The van der Waals surface area contributed by atoms with Crippen molar-refractivity contribution in [1.29, 1.82) is 5.26 Å². The lowest BCUT2D eigenvalue weighted by Crippen LogP contribution is -2.48. The Morgan fingerprint density at radius 3 is 2.42 bits per heavy atom. The van der Waals surface area contributed by atoms with Crippen molar-refractivity contribution in [2.75, 3.05) is 10.2 Å². The number of aryl methyl sites for hydroxylation is 1. The van der Waals surface area contributed by atoms with Crippen LogP contribution in [0.3, 0.4) is 0 Å². The Bertz CT molecular complexity index is 1530. The molecule has 40 heavy (non-hydrogen) atoms. The number of anilines is 2. The largest absolute Gasteiger partial charge is 0.367 e. The molecule has 0 bridgehead atoms. The molecule has 0 saturated heterocycles. The Morgan fingerprint density at radius 2 is 1.75 bits per heavy atom. The van der Waals surface area contributed by atoms with E-state index in [1.807, 2.05) is 77.7 Å². The minimum Gasteiger partial charge on any atom is -0.367 e. The van der Waals surface area contributed by atoms with Crippen LogP contribution >= 0.6 is 0 Å². The number of hydrogen-bond donors (Lipinski definition) is 2. The monoisotopic (exact) mass is 532 g/mol. The summed E-state index contributed by atoms with van der Waals surface area (Å²) < 4.78 is 1.56. The van der Waals surface area contributed by atoms with Crippen LogP contribution in [-0.4, -0.2) is 27.7 Å². The number of rotatable bonds is 7. The molecule has 1 saturated carbocycles. The van der Waals surface area contributed by atoms with Crippen LogP contribution in [0.4, 0.5) is 16.3 Å². The van der Waals surface area contributed by atoms with Gasteiger partial charge in [-0.15, -0.1) is 0 Å². The topological polar surface area (TPSA) is 103 Å². The second-order valence-electron chi connectivity index (χ2n) is 10.1. The number of hydrogen-bond acceptors (Lipinski definition) is 5. The van der Waals surface area contributed by atoms with Crippen LogP contribution in [-0.2, 0) is 13.6 Å². The summed E-state index contributed by atoms with van der Waals surface area (Å²) in [6.07, 6.45) is 6.73. The molecule has 4 aromatic rings. The third kappa shape index (κ3) is 6.21. The summed E-state index contributed by atoms with van der Waals surface area (Å²) in [6, 6.07) is 27.0. The van der Waals surface area contributed by atoms with Crippen LogP contribution < -0.4 is 21.1 Å². The number of amides is 2. The smallest absolute Gasteiger partial charge is 0.322 e. The highest BCUT2D eigenvalue weighted by Gasteiger charge is 2.30. The molecule has 0 unspecified atom stereocenters. The summed E-state index contributed by atoms with van der Waals surface area (Å²) in [6.45, 7) is 0.440. The zero-order valence-electron chi connectivity index (χ0n) is 22.5. The van der Waals surface area contributed by atoms with Gasteiger partial charge in [-0.1, -0.05) is 42.5 Å². The normalized spacial score (nSPS) is 16.5. The molecule has 5 rings (SSSR count). The maximum absolute atomic E-state index is 13.6. The van der Waals surface area contributed by atoms with Crippen LogP contribution in [0.2, 0.25) is 0 Å². The number of pyridine rings is 2. The number of carbonyl (C=O) groups excluding carboxylic acids is 1. The first-order valence-corrected chi connectivity index (χ1v) is 13.5. The molecular formula is C32H32N6O2. The van der Waals surface area contributed by atoms with Gasteiger partial charge < -0.3 is 15.2 Å². The summed E-state index contributed by atoms with van der Waals surface area (Å²) in [4.78, 5) is 32.4. The van der Waals surface area contributed by atoms with Crippen LogP contribution in [0, 0.1) is 11.3 Å². The SMILES string of the molecule is Cn1cccc(-c2ccc(N(C(=O)NCc3ccccc3)C3CCC(Nc4ccc(C#N)cn4)CC3)cc2)c1=O.